The van der Waals surface area contributed by atoms with Gasteiger partial charge in [-0.2, -0.15) is 13.2 Å². The molecule has 1 heterocycles. The van der Waals surface area contributed by atoms with Crippen molar-refractivity contribution in [2.45, 2.75) is 6.18 Å². The van der Waals surface area contributed by atoms with Crippen LogP contribution in [-0.2, 0) is 15.8 Å². The number of rotatable bonds is 7. The molecule has 1 aliphatic heterocycles. The highest BCUT2D eigenvalue weighted by atomic mass is 127. The summed E-state index contributed by atoms with van der Waals surface area (Å²) in [5, 5.41) is 13.4. The van der Waals surface area contributed by atoms with Crippen LogP contribution < -0.4 is 10.1 Å². The van der Waals surface area contributed by atoms with Crippen molar-refractivity contribution in [1.82, 2.24) is 4.90 Å². The Morgan fingerprint density at radius 2 is 1.73 bits per heavy atom. The van der Waals surface area contributed by atoms with Gasteiger partial charge >= 0.3 is 11.9 Å². The number of thioether (sulfide) groups is 1. The molecule has 0 saturated carbocycles. The molecule has 3 aromatic carbocycles. The van der Waals surface area contributed by atoms with E-state index in [0.717, 1.165) is 14.5 Å². The van der Waals surface area contributed by atoms with Crippen LogP contribution in [0.5, 0.6) is 11.5 Å². The van der Waals surface area contributed by atoms with E-state index >= 15 is 0 Å². The average molecular weight is 827 g/mol. The zero-order valence-electron chi connectivity index (χ0n) is 20.0. The predicted octanol–water partition coefficient (Wildman–Crippen LogP) is 8.21. The summed E-state index contributed by atoms with van der Waals surface area (Å²) in [6.07, 6.45) is -3.38. The molecule has 0 radical (unpaired) electrons. The van der Waals surface area contributed by atoms with Gasteiger partial charge in [0.15, 0.2) is 5.75 Å². The number of ether oxygens (including phenoxy) is 1. The fraction of sp³-hybridized carbons (Fsp3) is 0.0800. The topological polar surface area (TPSA) is 119 Å². The fourth-order valence-corrected chi connectivity index (χ4v) is 6.04. The van der Waals surface area contributed by atoms with Gasteiger partial charge in [-0.3, -0.25) is 29.4 Å². The zero-order chi connectivity index (χ0) is 30.1. The van der Waals surface area contributed by atoms with Gasteiger partial charge in [-0.05, 0) is 126 Å². The number of carbonyl (C=O) groups excluding carboxylic acids is 3. The second-order valence-corrected chi connectivity index (χ2v) is 12.1. The summed E-state index contributed by atoms with van der Waals surface area (Å²) >= 11 is 9.28. The number of nitrogens with zero attached hydrogens (tertiary/aromatic N) is 2. The van der Waals surface area contributed by atoms with Crippen LogP contribution in [0.3, 0.4) is 0 Å². The first-order chi connectivity index (χ1) is 19.2. The molecule has 0 bridgehead atoms. The van der Waals surface area contributed by atoms with E-state index < -0.39 is 51.7 Å². The number of halogens is 6. The average Bonchev–Trinajstić information content (AvgIpc) is 3.14. The van der Waals surface area contributed by atoms with Crippen LogP contribution in [0.4, 0.5) is 29.3 Å². The largest absolute Gasteiger partial charge is 0.448 e. The standard InChI is InChI=1S/C25H13Br2F3IN3O6S/c26-16-7-12(8-17(27)22(16)40-19-6-1-13(25(28,29)30)10-18(19)34(38)39)9-20-23(36)33(24(37)41-20)11-21(35)32-15-4-2-14(31)3-5-15/h1-10H,11H2,(H,32,35)/b20-9-. The van der Waals surface area contributed by atoms with Crippen molar-refractivity contribution in [3.05, 3.63) is 93.3 Å². The van der Waals surface area contributed by atoms with Crippen molar-refractivity contribution < 1.29 is 37.2 Å². The van der Waals surface area contributed by atoms with Crippen molar-refractivity contribution in [3.8, 4) is 11.5 Å². The minimum atomic E-state index is -4.78. The number of nitrogens with one attached hydrogen (secondary N) is 1. The van der Waals surface area contributed by atoms with E-state index in [1.807, 2.05) is 0 Å². The molecule has 212 valence electrons. The first kappa shape index (κ1) is 31.0. The van der Waals surface area contributed by atoms with Gasteiger partial charge in [-0.15, -0.1) is 0 Å². The molecular weight excluding hydrogens is 814 g/mol. The summed E-state index contributed by atoms with van der Waals surface area (Å²) < 4.78 is 46.1. The van der Waals surface area contributed by atoms with Crippen LogP contribution in [0.25, 0.3) is 6.08 Å². The first-order valence-electron chi connectivity index (χ1n) is 11.1. The Morgan fingerprint density at radius 3 is 2.32 bits per heavy atom. The molecule has 41 heavy (non-hydrogen) atoms. The molecule has 4 rings (SSSR count). The lowest BCUT2D eigenvalue weighted by Crippen LogP contribution is -2.36. The number of alkyl halides is 3. The predicted molar refractivity (Wildman–Crippen MR) is 160 cm³/mol. The Labute approximate surface area is 264 Å². The number of hydrogen-bond acceptors (Lipinski definition) is 7. The highest BCUT2D eigenvalue weighted by Gasteiger charge is 2.37. The van der Waals surface area contributed by atoms with Crippen molar-refractivity contribution in [1.29, 1.82) is 0 Å². The molecule has 9 nitrogen and oxygen atoms in total. The van der Waals surface area contributed by atoms with Crippen LogP contribution in [0.15, 0.2) is 68.4 Å². The lowest BCUT2D eigenvalue weighted by atomic mass is 10.1. The summed E-state index contributed by atoms with van der Waals surface area (Å²) in [7, 11) is 0. The Morgan fingerprint density at radius 1 is 1.10 bits per heavy atom. The summed E-state index contributed by atoms with van der Waals surface area (Å²) in [6.45, 7) is -0.486. The third-order valence-electron chi connectivity index (χ3n) is 5.32. The van der Waals surface area contributed by atoms with Gasteiger partial charge in [0.25, 0.3) is 11.1 Å². The summed E-state index contributed by atoms with van der Waals surface area (Å²) in [6, 6.07) is 11.8. The van der Waals surface area contributed by atoms with Crippen molar-refractivity contribution >= 4 is 101 Å². The van der Waals surface area contributed by atoms with Crippen LogP contribution in [0, 0.1) is 13.7 Å². The maximum absolute atomic E-state index is 13.0. The van der Waals surface area contributed by atoms with Gasteiger partial charge < -0.3 is 10.1 Å². The summed E-state index contributed by atoms with van der Waals surface area (Å²) in [5.74, 6) is -1.64. The van der Waals surface area contributed by atoms with Crippen molar-refractivity contribution in [2.24, 2.45) is 0 Å². The molecule has 0 aliphatic carbocycles. The SMILES string of the molecule is O=C(CN1C(=O)S/C(=C\c2cc(Br)c(Oc3ccc(C(F)(F)F)cc3[N+](=O)[O-])c(Br)c2)C1=O)Nc1ccc(I)cc1. The zero-order valence-corrected chi connectivity index (χ0v) is 26.1. The van der Waals surface area contributed by atoms with Gasteiger partial charge in [0, 0.05) is 15.3 Å². The van der Waals surface area contributed by atoms with E-state index in [4.69, 9.17) is 4.74 Å². The fourth-order valence-electron chi connectivity index (χ4n) is 3.46. The maximum Gasteiger partial charge on any atom is 0.416 e. The molecule has 1 fully saturated rings. The Bertz CT molecular complexity index is 1600. The molecule has 1 aliphatic rings. The third-order valence-corrected chi connectivity index (χ3v) is 8.12. The minimum absolute atomic E-state index is 0.0189. The Hall–Kier alpha value is -2.96. The number of hydrogen-bond donors (Lipinski definition) is 1. The molecule has 0 atom stereocenters. The first-order valence-corrected chi connectivity index (χ1v) is 14.5. The van der Waals surface area contributed by atoms with Gasteiger partial charge in [0.1, 0.15) is 6.54 Å². The van der Waals surface area contributed by atoms with Crippen LogP contribution >= 0.6 is 66.2 Å². The van der Waals surface area contributed by atoms with E-state index in [2.05, 4.69) is 59.8 Å². The third kappa shape index (κ3) is 7.47. The van der Waals surface area contributed by atoms with Gasteiger partial charge in [0.2, 0.25) is 11.7 Å². The van der Waals surface area contributed by atoms with E-state index in [1.165, 1.54) is 18.2 Å². The molecule has 1 saturated heterocycles. The van der Waals surface area contributed by atoms with Gasteiger partial charge in [-0.1, -0.05) is 0 Å². The summed E-state index contributed by atoms with van der Waals surface area (Å²) in [5.41, 5.74) is -1.17. The Balaban J connectivity index is 1.52. The lowest BCUT2D eigenvalue weighted by Gasteiger charge is -2.13. The van der Waals surface area contributed by atoms with Crippen LogP contribution in [0.1, 0.15) is 11.1 Å². The highest BCUT2D eigenvalue weighted by Crippen LogP contribution is 2.43. The molecule has 0 unspecified atom stereocenters. The highest BCUT2D eigenvalue weighted by molar-refractivity contribution is 14.1. The number of anilines is 1. The molecule has 3 amide bonds. The molecule has 0 aromatic heterocycles. The summed E-state index contributed by atoms with van der Waals surface area (Å²) in [4.78, 5) is 49.0. The monoisotopic (exact) mass is 825 g/mol. The molecular formula is C25H13Br2F3IN3O6S. The van der Waals surface area contributed by atoms with E-state index in [0.29, 0.717) is 35.1 Å². The molecule has 3 aromatic rings. The number of imide groups is 1. The number of nitro benzene ring substituents is 1. The van der Waals surface area contributed by atoms with Gasteiger partial charge in [-0.25, -0.2) is 0 Å². The van der Waals surface area contributed by atoms with E-state index in [1.54, 1.807) is 24.3 Å². The number of nitro groups is 1. The van der Waals surface area contributed by atoms with E-state index in [-0.39, 0.29) is 19.6 Å². The Kier molecular flexibility index (Phi) is 9.45. The van der Waals surface area contributed by atoms with Gasteiger partial charge in [0.05, 0.1) is 24.3 Å². The quantitative estimate of drug-likeness (QED) is 0.110. The van der Waals surface area contributed by atoms with Crippen molar-refractivity contribution in [3.63, 3.8) is 0 Å². The second kappa shape index (κ2) is 12.5. The van der Waals surface area contributed by atoms with Crippen LogP contribution in [-0.4, -0.2) is 33.4 Å². The lowest BCUT2D eigenvalue weighted by molar-refractivity contribution is -0.385. The molecule has 16 heteroatoms. The minimum Gasteiger partial charge on any atom is -0.448 e. The number of carbonyl (C=O) groups is 3. The maximum atomic E-state index is 13.0. The molecule has 0 spiro atoms. The number of amides is 3. The normalized spacial score (nSPS) is 14.5. The number of benzene rings is 3. The van der Waals surface area contributed by atoms with Crippen LogP contribution in [0.2, 0.25) is 0 Å². The second-order valence-electron chi connectivity index (χ2n) is 8.18. The smallest absolute Gasteiger partial charge is 0.416 e. The van der Waals surface area contributed by atoms with Crippen molar-refractivity contribution in [2.75, 3.05) is 11.9 Å². The molecule has 1 N–H and O–H groups in total. The van der Waals surface area contributed by atoms with E-state index in [9.17, 15) is 37.7 Å².